The summed E-state index contributed by atoms with van der Waals surface area (Å²) >= 11 is 0. The fourth-order valence-corrected chi connectivity index (χ4v) is 8.16. The summed E-state index contributed by atoms with van der Waals surface area (Å²) in [6, 6.07) is 46.2. The molecule has 18 heteroatoms. The van der Waals surface area contributed by atoms with Crippen molar-refractivity contribution in [2.45, 2.75) is 107 Å². The number of unbranched alkanes of at least 4 members (excludes halogenated alkanes) is 2. The minimum Gasteiger partial charge on any atom is -0.494 e. The highest BCUT2D eigenvalue weighted by Gasteiger charge is 2.27. The normalized spacial score (nSPS) is 11.5. The number of carbonyl (C=O) groups is 6. The molecule has 6 aromatic carbocycles. The zero-order chi connectivity index (χ0) is 68.3. The summed E-state index contributed by atoms with van der Waals surface area (Å²) in [5.41, 5.74) is 6.22. The van der Waals surface area contributed by atoms with E-state index in [1.54, 1.807) is 13.8 Å². The third-order valence-electron chi connectivity index (χ3n) is 13.0. The van der Waals surface area contributed by atoms with Crippen molar-refractivity contribution in [1.29, 1.82) is 0 Å². The zero-order valence-electron chi connectivity index (χ0n) is 55.9. The number of ether oxygens (including phenoxy) is 12. The van der Waals surface area contributed by atoms with Crippen molar-refractivity contribution in [2.24, 2.45) is 11.8 Å². The molecule has 0 heterocycles. The number of hydrogen-bond acceptors (Lipinski definition) is 18. The van der Waals surface area contributed by atoms with Gasteiger partial charge in [-0.25, -0.2) is 9.59 Å². The van der Waals surface area contributed by atoms with Gasteiger partial charge in [0.2, 0.25) is 0 Å². The van der Waals surface area contributed by atoms with Crippen LogP contribution in [0.1, 0.15) is 128 Å². The molecule has 0 bridgehead atoms. The van der Waals surface area contributed by atoms with Gasteiger partial charge in [0.1, 0.15) is 60.9 Å². The summed E-state index contributed by atoms with van der Waals surface area (Å²) in [6.07, 6.45) is 14.1. The predicted molar refractivity (Wildman–Crippen MR) is 364 cm³/mol. The minimum absolute atomic E-state index is 0.00122. The Morgan fingerprint density at radius 3 is 0.723 bits per heavy atom. The average Bonchev–Trinajstić information content (AvgIpc) is 1.11. The number of rotatable bonds is 36. The van der Waals surface area contributed by atoms with Crippen molar-refractivity contribution in [3.63, 3.8) is 0 Å². The van der Waals surface area contributed by atoms with Crippen molar-refractivity contribution in [3.8, 4) is 34.5 Å². The van der Waals surface area contributed by atoms with Gasteiger partial charge >= 0.3 is 35.8 Å². The molecule has 0 radical (unpaired) electrons. The van der Waals surface area contributed by atoms with Gasteiger partial charge in [-0.3, -0.25) is 19.2 Å². The van der Waals surface area contributed by atoms with Gasteiger partial charge < -0.3 is 56.8 Å². The molecule has 0 fully saturated rings. The lowest BCUT2D eigenvalue weighted by atomic mass is 10.1. The Balaban J connectivity index is 0.000000302. The second kappa shape index (κ2) is 44.6. The van der Waals surface area contributed by atoms with E-state index in [2.05, 4.69) is 0 Å². The summed E-state index contributed by atoms with van der Waals surface area (Å²) in [5, 5.41) is 0. The first-order valence-electron chi connectivity index (χ1n) is 31.7. The second-order valence-corrected chi connectivity index (χ2v) is 21.7. The lowest BCUT2D eigenvalue weighted by Gasteiger charge is -2.20. The highest BCUT2D eigenvalue weighted by atomic mass is 16.6. The van der Waals surface area contributed by atoms with Gasteiger partial charge in [0.05, 0.1) is 39.6 Å². The molecule has 6 rings (SSSR count). The van der Waals surface area contributed by atoms with E-state index in [-0.39, 0.29) is 60.9 Å². The van der Waals surface area contributed by atoms with Crippen molar-refractivity contribution in [1.82, 2.24) is 0 Å². The lowest BCUT2D eigenvalue weighted by molar-refractivity contribution is -0.154. The second-order valence-electron chi connectivity index (χ2n) is 21.7. The van der Waals surface area contributed by atoms with E-state index in [9.17, 15) is 28.8 Å². The van der Waals surface area contributed by atoms with Crippen LogP contribution in [-0.2, 0) is 57.2 Å². The Morgan fingerprint density at radius 1 is 0.287 bits per heavy atom. The van der Waals surface area contributed by atoms with E-state index in [1.165, 1.54) is 27.7 Å². The molecule has 0 aliphatic heterocycles. The highest BCUT2D eigenvalue weighted by Crippen LogP contribution is 2.24. The third-order valence-corrected chi connectivity index (χ3v) is 13.0. The topological polar surface area (TPSA) is 213 Å². The largest absolute Gasteiger partial charge is 0.494 e. The van der Waals surface area contributed by atoms with Crippen LogP contribution in [0.4, 0.5) is 0 Å². The van der Waals surface area contributed by atoms with E-state index in [0.717, 1.165) is 82.1 Å². The smallest absolute Gasteiger partial charge is 0.347 e. The average molecular weight is 1290 g/mol. The van der Waals surface area contributed by atoms with E-state index in [1.807, 2.05) is 210 Å². The van der Waals surface area contributed by atoms with Crippen LogP contribution in [-0.4, -0.2) is 114 Å². The maximum Gasteiger partial charge on any atom is 0.347 e. The van der Waals surface area contributed by atoms with Crippen LogP contribution in [0.15, 0.2) is 146 Å². The van der Waals surface area contributed by atoms with Gasteiger partial charge in [0.15, 0.2) is 12.2 Å². The quantitative estimate of drug-likeness (QED) is 0.0155. The summed E-state index contributed by atoms with van der Waals surface area (Å²) in [4.78, 5) is 67.0. The van der Waals surface area contributed by atoms with E-state index in [0.29, 0.717) is 64.4 Å². The molecule has 2 unspecified atom stereocenters. The molecule has 0 saturated carbocycles. The number of hydrogen-bond donors (Lipinski definition) is 0. The van der Waals surface area contributed by atoms with Gasteiger partial charge in [0.25, 0.3) is 0 Å². The monoisotopic (exact) mass is 1290 g/mol. The summed E-state index contributed by atoms with van der Waals surface area (Å²) < 4.78 is 63.8. The van der Waals surface area contributed by atoms with Crippen LogP contribution in [0.5, 0.6) is 34.5 Å². The lowest BCUT2D eigenvalue weighted by Crippen LogP contribution is -2.34. The number of esters is 6. The molecule has 6 aromatic rings. The van der Waals surface area contributed by atoms with Crippen LogP contribution in [0.2, 0.25) is 0 Å². The maximum atomic E-state index is 12.1. The molecular weight excluding hydrogens is 1200 g/mol. The first-order chi connectivity index (χ1) is 45.3. The van der Waals surface area contributed by atoms with Crippen LogP contribution in [0.3, 0.4) is 0 Å². The molecule has 0 aromatic heterocycles. The standard InChI is InChI=1S/C28H36O6.C26H32O6.C22H24O6/c1-7-31-27(29)25(19(3)4)33-23-15-11-21(12-16-23)9-10-22-13-17-24(18-14-22)34-26(20(5)6)28(30)32-8-2;1-21(27)29-17-3-5-19-31-25-13-9-23(10-14-25)7-8-24-11-15-26(16-12-24)32-20-6-4-18-30-22(2)28;1-17(23)25-13-15-27-21-9-5-19(6-10-21)3-4-20-7-11-22(12-8-20)28-16-14-26-18(2)24/h9-20,25-26H,7-8H2,1-6H3;7-16H,3-6,17-20H2,1-2H3;3-12H,13-16H2,1-2H3/b10-9+;8-7+;4-3+. The van der Waals surface area contributed by atoms with Crippen LogP contribution >= 0.6 is 0 Å². The van der Waals surface area contributed by atoms with E-state index >= 15 is 0 Å². The summed E-state index contributed by atoms with van der Waals surface area (Å²) in [7, 11) is 0. The third kappa shape index (κ3) is 33.5. The number of benzene rings is 6. The van der Waals surface area contributed by atoms with Gasteiger partial charge in [-0.1, -0.05) is 137 Å². The first-order valence-corrected chi connectivity index (χ1v) is 31.7. The van der Waals surface area contributed by atoms with Crippen LogP contribution < -0.4 is 28.4 Å². The molecule has 94 heavy (non-hydrogen) atoms. The molecule has 0 saturated heterocycles. The van der Waals surface area contributed by atoms with Gasteiger partial charge in [-0.2, -0.15) is 0 Å². The van der Waals surface area contributed by atoms with E-state index in [4.69, 9.17) is 56.8 Å². The molecular formula is C76H92O18. The molecule has 0 aliphatic carbocycles. The Kier molecular flexibility index (Phi) is 36.4. The van der Waals surface area contributed by atoms with Crippen molar-refractivity contribution < 1.29 is 85.6 Å². The Hall–Kier alpha value is -9.84. The number of carbonyl (C=O) groups excluding carboxylic acids is 6. The Bertz CT molecular complexity index is 3020. The maximum absolute atomic E-state index is 12.1. The van der Waals surface area contributed by atoms with Crippen molar-refractivity contribution in [3.05, 3.63) is 179 Å². The molecule has 504 valence electrons. The fraction of sp³-hybridized carbons (Fsp3) is 0.368. The molecule has 0 N–H and O–H groups in total. The van der Waals surface area contributed by atoms with Crippen LogP contribution in [0, 0.1) is 11.8 Å². The van der Waals surface area contributed by atoms with Gasteiger partial charge in [-0.05, 0) is 146 Å². The highest BCUT2D eigenvalue weighted by molar-refractivity contribution is 5.77. The van der Waals surface area contributed by atoms with Gasteiger partial charge in [0, 0.05) is 39.5 Å². The van der Waals surface area contributed by atoms with Crippen molar-refractivity contribution >= 4 is 72.3 Å². The van der Waals surface area contributed by atoms with Gasteiger partial charge in [-0.15, -0.1) is 0 Å². The molecule has 0 amide bonds. The SMILES string of the molecule is CC(=O)OCCCCOc1ccc(/C=C/c2ccc(OCCCCOC(C)=O)cc2)cc1.CC(=O)OCCOc1ccc(/C=C/c2ccc(OCCOC(C)=O)cc2)cc1.CCOC(=O)C(Oc1ccc(/C=C/c2ccc(OC(C(=O)OCC)C(C)C)cc2)cc1)C(C)C. The minimum atomic E-state index is -0.638. The molecule has 2 atom stereocenters. The van der Waals surface area contributed by atoms with Crippen molar-refractivity contribution in [2.75, 3.05) is 66.1 Å². The molecule has 0 aliphatic rings. The zero-order valence-corrected chi connectivity index (χ0v) is 55.9. The summed E-state index contributed by atoms with van der Waals surface area (Å²) in [6.45, 7) is 20.7. The van der Waals surface area contributed by atoms with Crippen LogP contribution in [0.25, 0.3) is 36.5 Å². The fourth-order valence-electron chi connectivity index (χ4n) is 8.16. The molecule has 18 nitrogen and oxygen atoms in total. The first kappa shape index (κ1) is 76.6. The van der Waals surface area contributed by atoms with E-state index < -0.39 is 12.2 Å². The Labute approximate surface area is 554 Å². The predicted octanol–water partition coefficient (Wildman–Crippen LogP) is 14.8. The molecule has 0 spiro atoms. The Morgan fingerprint density at radius 2 is 0.500 bits per heavy atom. The summed E-state index contributed by atoms with van der Waals surface area (Å²) in [5.74, 6) is 2.50.